The number of hydrogen-bond donors (Lipinski definition) is 2. The zero-order chi connectivity index (χ0) is 26.5. The van der Waals surface area contributed by atoms with Crippen LogP contribution >= 0.6 is 0 Å². The number of piperazine rings is 1. The van der Waals surface area contributed by atoms with Crippen molar-refractivity contribution in [1.82, 2.24) is 19.8 Å². The Labute approximate surface area is 221 Å². The average molecular weight is 511 g/mol. The molecule has 1 fully saturated rings. The third-order valence-electron chi connectivity index (χ3n) is 6.48. The Hall–Kier alpha value is -4.34. The van der Waals surface area contributed by atoms with Crippen molar-refractivity contribution in [3.05, 3.63) is 84.2 Å². The van der Waals surface area contributed by atoms with E-state index in [2.05, 4.69) is 49.6 Å². The number of nitrogens with zero attached hydrogens (tertiary/aromatic N) is 4. The highest BCUT2D eigenvalue weighted by Crippen LogP contribution is 2.28. The summed E-state index contributed by atoms with van der Waals surface area (Å²) in [6, 6.07) is 20.7. The van der Waals surface area contributed by atoms with E-state index in [0.29, 0.717) is 23.0 Å². The van der Waals surface area contributed by atoms with Gasteiger partial charge in [0, 0.05) is 57.0 Å². The van der Waals surface area contributed by atoms with Crippen LogP contribution in [0.2, 0.25) is 0 Å². The fraction of sp³-hybridized carbons (Fsp3) is 0.241. The number of carbonyl (C=O) groups is 2. The van der Waals surface area contributed by atoms with E-state index < -0.39 is 0 Å². The van der Waals surface area contributed by atoms with Crippen molar-refractivity contribution in [2.75, 3.05) is 43.9 Å². The third kappa shape index (κ3) is 6.31. The van der Waals surface area contributed by atoms with Gasteiger partial charge in [-0.05, 0) is 59.8 Å². The second kappa shape index (κ2) is 11.4. The molecule has 194 valence electrons. The van der Waals surface area contributed by atoms with E-state index in [0.717, 1.165) is 49.2 Å². The molecule has 1 aliphatic rings. The number of nitrogens with one attached hydrogen (secondary N) is 2. The zero-order valence-corrected chi connectivity index (χ0v) is 21.5. The maximum absolute atomic E-state index is 13.2. The number of benzene rings is 3. The maximum atomic E-state index is 13.2. The third-order valence-corrected chi connectivity index (χ3v) is 6.48. The first-order valence-corrected chi connectivity index (χ1v) is 12.5. The zero-order valence-electron chi connectivity index (χ0n) is 21.5. The first-order valence-electron chi connectivity index (χ1n) is 12.5. The Morgan fingerprint density at radius 2 is 1.71 bits per heavy atom. The first kappa shape index (κ1) is 25.3. The number of anilines is 2. The molecule has 1 saturated heterocycles. The summed E-state index contributed by atoms with van der Waals surface area (Å²) in [5, 5.41) is 7.29. The Morgan fingerprint density at radius 1 is 0.921 bits per heavy atom. The van der Waals surface area contributed by atoms with Gasteiger partial charge in [0.05, 0.1) is 0 Å². The number of rotatable bonds is 7. The van der Waals surface area contributed by atoms with Crippen molar-refractivity contribution < 1.29 is 14.3 Å². The molecule has 2 amide bonds. The van der Waals surface area contributed by atoms with Crippen LogP contribution in [0.15, 0.2) is 73.1 Å². The fourth-order valence-electron chi connectivity index (χ4n) is 4.44. The van der Waals surface area contributed by atoms with Gasteiger partial charge in [0.15, 0.2) is 0 Å². The van der Waals surface area contributed by atoms with Crippen LogP contribution < -0.4 is 15.4 Å². The van der Waals surface area contributed by atoms with E-state index in [1.807, 2.05) is 42.5 Å². The van der Waals surface area contributed by atoms with Crippen molar-refractivity contribution in [1.29, 1.82) is 0 Å². The number of ether oxygens (including phenoxy) is 1. The minimum absolute atomic E-state index is 0.174. The van der Waals surface area contributed by atoms with Crippen LogP contribution in [0.5, 0.6) is 11.6 Å². The Balaban J connectivity index is 1.26. The molecule has 38 heavy (non-hydrogen) atoms. The molecule has 2 N–H and O–H groups in total. The van der Waals surface area contributed by atoms with Gasteiger partial charge >= 0.3 is 0 Å². The lowest BCUT2D eigenvalue weighted by molar-refractivity contribution is -0.114. The van der Waals surface area contributed by atoms with Gasteiger partial charge in [-0.2, -0.15) is 0 Å². The van der Waals surface area contributed by atoms with Crippen molar-refractivity contribution >= 4 is 34.1 Å². The fourth-order valence-corrected chi connectivity index (χ4v) is 4.44. The monoisotopic (exact) mass is 510 g/mol. The summed E-state index contributed by atoms with van der Waals surface area (Å²) in [4.78, 5) is 37.3. The van der Waals surface area contributed by atoms with Crippen molar-refractivity contribution in [3.8, 4) is 11.6 Å². The van der Waals surface area contributed by atoms with Gasteiger partial charge in [-0.1, -0.05) is 24.3 Å². The van der Waals surface area contributed by atoms with E-state index in [4.69, 9.17) is 4.74 Å². The van der Waals surface area contributed by atoms with Gasteiger partial charge in [-0.15, -0.1) is 0 Å². The standard InChI is InChI=1S/C29H30N6O3/c1-20(36)32-27-17-28(31-19-30-27)38-24-10-11-25-22(16-24)4-3-5-26(25)29(37)33-23-8-6-21(7-9-23)18-35-14-12-34(2)13-15-35/h3-11,16-17,19H,12-15,18H2,1-2H3,(H,33,37)(H,30,31,32,36). The molecule has 0 atom stereocenters. The highest BCUT2D eigenvalue weighted by molar-refractivity contribution is 6.13. The minimum Gasteiger partial charge on any atom is -0.439 e. The van der Waals surface area contributed by atoms with Crippen LogP contribution in [0.3, 0.4) is 0 Å². The van der Waals surface area contributed by atoms with E-state index in [1.165, 1.54) is 18.8 Å². The number of aromatic nitrogens is 2. The van der Waals surface area contributed by atoms with Gasteiger partial charge < -0.3 is 20.3 Å². The number of fused-ring (bicyclic) bond motifs is 1. The molecule has 0 radical (unpaired) electrons. The summed E-state index contributed by atoms with van der Waals surface area (Å²) in [6.45, 7) is 6.64. The Morgan fingerprint density at radius 3 is 2.47 bits per heavy atom. The van der Waals surface area contributed by atoms with E-state index in [-0.39, 0.29) is 11.8 Å². The number of hydrogen-bond acceptors (Lipinski definition) is 7. The molecule has 0 spiro atoms. The largest absolute Gasteiger partial charge is 0.439 e. The lowest BCUT2D eigenvalue weighted by atomic mass is 10.0. The molecule has 4 aromatic rings. The van der Waals surface area contributed by atoms with Crippen LogP contribution in [0.1, 0.15) is 22.8 Å². The number of likely N-dealkylation sites (N-methyl/N-ethyl adjacent to an activating group) is 1. The summed E-state index contributed by atoms with van der Waals surface area (Å²) in [6.07, 6.45) is 1.32. The normalized spacial score (nSPS) is 14.3. The molecular weight excluding hydrogens is 480 g/mol. The summed E-state index contributed by atoms with van der Waals surface area (Å²) < 4.78 is 5.87. The van der Waals surface area contributed by atoms with Gasteiger partial charge in [-0.25, -0.2) is 9.97 Å². The molecule has 0 saturated carbocycles. The van der Waals surface area contributed by atoms with Gasteiger partial charge in [0.2, 0.25) is 11.8 Å². The lowest BCUT2D eigenvalue weighted by Gasteiger charge is -2.32. The Kier molecular flexibility index (Phi) is 7.57. The highest BCUT2D eigenvalue weighted by atomic mass is 16.5. The first-order chi connectivity index (χ1) is 18.4. The maximum Gasteiger partial charge on any atom is 0.256 e. The summed E-state index contributed by atoms with van der Waals surface area (Å²) >= 11 is 0. The predicted octanol–water partition coefficient (Wildman–Crippen LogP) is 4.38. The van der Waals surface area contributed by atoms with E-state index >= 15 is 0 Å². The van der Waals surface area contributed by atoms with Crippen LogP contribution in [0.4, 0.5) is 11.5 Å². The van der Waals surface area contributed by atoms with E-state index in [1.54, 1.807) is 12.1 Å². The van der Waals surface area contributed by atoms with Crippen molar-refractivity contribution in [3.63, 3.8) is 0 Å². The van der Waals surface area contributed by atoms with Gasteiger partial charge in [0.25, 0.3) is 5.91 Å². The van der Waals surface area contributed by atoms with Crippen molar-refractivity contribution in [2.45, 2.75) is 13.5 Å². The topological polar surface area (TPSA) is 99.7 Å². The molecular formula is C29H30N6O3. The van der Waals surface area contributed by atoms with Crippen LogP contribution in [0, 0.1) is 0 Å². The molecule has 0 aliphatic carbocycles. The lowest BCUT2D eigenvalue weighted by Crippen LogP contribution is -2.43. The molecule has 0 bridgehead atoms. The number of amides is 2. The molecule has 5 rings (SSSR count). The molecule has 0 unspecified atom stereocenters. The average Bonchev–Trinajstić information content (AvgIpc) is 2.90. The van der Waals surface area contributed by atoms with Gasteiger partial charge in [-0.3, -0.25) is 14.5 Å². The second-order valence-electron chi connectivity index (χ2n) is 9.44. The van der Waals surface area contributed by atoms with Crippen LogP contribution in [-0.2, 0) is 11.3 Å². The molecule has 2 heterocycles. The van der Waals surface area contributed by atoms with Gasteiger partial charge in [0.1, 0.15) is 17.9 Å². The molecule has 9 nitrogen and oxygen atoms in total. The smallest absolute Gasteiger partial charge is 0.256 e. The Bertz CT molecular complexity index is 1450. The SMILES string of the molecule is CC(=O)Nc1cc(Oc2ccc3c(C(=O)Nc4ccc(CN5CCN(C)CC5)cc4)cccc3c2)ncn1. The second-order valence-corrected chi connectivity index (χ2v) is 9.44. The predicted molar refractivity (Wildman–Crippen MR) is 148 cm³/mol. The minimum atomic E-state index is -0.229. The summed E-state index contributed by atoms with van der Waals surface area (Å²) in [5.74, 6) is 0.806. The van der Waals surface area contributed by atoms with Crippen molar-refractivity contribution in [2.24, 2.45) is 0 Å². The highest BCUT2D eigenvalue weighted by Gasteiger charge is 2.15. The molecule has 1 aliphatic heterocycles. The summed E-state index contributed by atoms with van der Waals surface area (Å²) in [5.41, 5.74) is 2.57. The molecule has 3 aromatic carbocycles. The molecule has 1 aromatic heterocycles. The van der Waals surface area contributed by atoms with Crippen LogP contribution in [0.25, 0.3) is 10.8 Å². The van der Waals surface area contributed by atoms with E-state index in [9.17, 15) is 9.59 Å². The number of carbonyl (C=O) groups excluding carboxylic acids is 2. The van der Waals surface area contributed by atoms with Crippen LogP contribution in [-0.4, -0.2) is 64.8 Å². The summed E-state index contributed by atoms with van der Waals surface area (Å²) in [7, 11) is 2.16. The quantitative estimate of drug-likeness (QED) is 0.381. The molecule has 9 heteroatoms.